The van der Waals surface area contributed by atoms with Crippen molar-refractivity contribution in [3.63, 3.8) is 0 Å². The molecule has 2 aromatic carbocycles. The highest BCUT2D eigenvalue weighted by Gasteiger charge is 2.30. The molecule has 3 atom stereocenters. The largest absolute Gasteiger partial charge is 0.481 e. The average Bonchev–Trinajstić information content (AvgIpc) is 3.17. The van der Waals surface area contributed by atoms with Crippen molar-refractivity contribution in [2.24, 2.45) is 11.8 Å². The Morgan fingerprint density at radius 3 is 2.32 bits per heavy atom. The van der Waals surface area contributed by atoms with Gasteiger partial charge in [0, 0.05) is 18.5 Å². The fourth-order valence-corrected chi connectivity index (χ4v) is 4.78. The van der Waals surface area contributed by atoms with E-state index in [2.05, 4.69) is 34.9 Å². The van der Waals surface area contributed by atoms with Gasteiger partial charge >= 0.3 is 12.1 Å². The molecule has 0 fully saturated rings. The molecule has 178 valence electrons. The highest BCUT2D eigenvalue weighted by atomic mass is 16.5. The molecule has 0 bridgehead atoms. The Bertz CT molecular complexity index is 1050. The first-order chi connectivity index (χ1) is 16.5. The molecule has 2 aliphatic rings. The van der Waals surface area contributed by atoms with Crippen molar-refractivity contribution in [1.82, 2.24) is 10.6 Å². The monoisotopic (exact) mass is 462 g/mol. The van der Waals surface area contributed by atoms with Crippen LogP contribution in [0.3, 0.4) is 0 Å². The summed E-state index contributed by atoms with van der Waals surface area (Å²) in [7, 11) is 0. The van der Waals surface area contributed by atoms with Crippen molar-refractivity contribution in [1.29, 1.82) is 0 Å². The molecule has 2 aromatic rings. The summed E-state index contributed by atoms with van der Waals surface area (Å²) < 4.78 is 5.55. The Labute approximate surface area is 199 Å². The van der Waals surface area contributed by atoms with Gasteiger partial charge < -0.3 is 20.5 Å². The summed E-state index contributed by atoms with van der Waals surface area (Å²) in [6.45, 7) is 2.24. The predicted octanol–water partition coefficient (Wildman–Crippen LogP) is 4.09. The topological polar surface area (TPSA) is 105 Å². The van der Waals surface area contributed by atoms with E-state index >= 15 is 0 Å². The number of alkyl carbamates (subject to hydrolysis) is 1. The summed E-state index contributed by atoms with van der Waals surface area (Å²) in [5.74, 6) is -2.01. The van der Waals surface area contributed by atoms with Gasteiger partial charge in [0.25, 0.3) is 0 Å². The molecule has 0 radical (unpaired) electrons. The van der Waals surface area contributed by atoms with Gasteiger partial charge in [-0.25, -0.2) is 4.79 Å². The molecular formula is C27H30N2O5. The van der Waals surface area contributed by atoms with Crippen molar-refractivity contribution in [3.8, 4) is 11.1 Å². The van der Waals surface area contributed by atoms with E-state index in [-0.39, 0.29) is 31.0 Å². The van der Waals surface area contributed by atoms with Crippen molar-refractivity contribution >= 4 is 18.0 Å². The highest BCUT2D eigenvalue weighted by Crippen LogP contribution is 2.44. The third-order valence-corrected chi connectivity index (χ3v) is 6.70. The summed E-state index contributed by atoms with van der Waals surface area (Å²) in [6, 6.07) is 16.0. The summed E-state index contributed by atoms with van der Waals surface area (Å²) in [4.78, 5) is 36.4. The van der Waals surface area contributed by atoms with Crippen LogP contribution in [-0.2, 0) is 14.3 Å². The van der Waals surface area contributed by atoms with Gasteiger partial charge in [-0.15, -0.1) is 0 Å². The van der Waals surface area contributed by atoms with Crippen LogP contribution in [-0.4, -0.2) is 42.3 Å². The molecule has 7 nitrogen and oxygen atoms in total. The first-order valence-electron chi connectivity index (χ1n) is 11.8. The lowest BCUT2D eigenvalue weighted by Crippen LogP contribution is -2.44. The number of rotatable bonds is 8. The van der Waals surface area contributed by atoms with E-state index in [0.29, 0.717) is 19.3 Å². The number of benzene rings is 2. The molecule has 3 N–H and O–H groups in total. The Kier molecular flexibility index (Phi) is 7.30. The minimum absolute atomic E-state index is 0.0244. The SMILES string of the molecule is CCC(CNC(=O)OCC1c2ccccc2-c2ccccc21)C(=O)N[C@@H]1C=CC[C@@H](C(=O)O)C1. The third kappa shape index (κ3) is 5.14. The maximum absolute atomic E-state index is 12.7. The number of fused-ring (bicyclic) bond motifs is 3. The van der Waals surface area contributed by atoms with Crippen LogP contribution in [0.1, 0.15) is 43.2 Å². The van der Waals surface area contributed by atoms with Crippen LogP contribution in [0, 0.1) is 11.8 Å². The van der Waals surface area contributed by atoms with Gasteiger partial charge in [0.1, 0.15) is 6.61 Å². The number of carbonyl (C=O) groups excluding carboxylic acids is 2. The Morgan fingerprint density at radius 1 is 1.06 bits per heavy atom. The van der Waals surface area contributed by atoms with Crippen LogP contribution >= 0.6 is 0 Å². The van der Waals surface area contributed by atoms with Gasteiger partial charge in [-0.3, -0.25) is 9.59 Å². The van der Waals surface area contributed by atoms with Gasteiger partial charge in [0.05, 0.1) is 11.8 Å². The van der Waals surface area contributed by atoms with Gasteiger partial charge in [0.15, 0.2) is 0 Å². The molecule has 0 saturated carbocycles. The fraction of sp³-hybridized carbons (Fsp3) is 0.370. The highest BCUT2D eigenvalue weighted by molar-refractivity contribution is 5.81. The van der Waals surface area contributed by atoms with Gasteiger partial charge in [-0.05, 0) is 41.5 Å². The molecule has 0 aromatic heterocycles. The smallest absolute Gasteiger partial charge is 0.407 e. The summed E-state index contributed by atoms with van der Waals surface area (Å²) in [5.41, 5.74) is 4.61. The van der Waals surface area contributed by atoms with Crippen LogP contribution in [0.4, 0.5) is 4.79 Å². The maximum atomic E-state index is 12.7. The average molecular weight is 463 g/mol. The van der Waals surface area contributed by atoms with E-state index in [4.69, 9.17) is 4.74 Å². The second kappa shape index (κ2) is 10.5. The summed E-state index contributed by atoms with van der Waals surface area (Å²) in [5, 5.41) is 14.8. The molecule has 4 rings (SSSR count). The number of ether oxygens (including phenoxy) is 1. The van der Waals surface area contributed by atoms with E-state index < -0.39 is 23.9 Å². The predicted molar refractivity (Wildman–Crippen MR) is 128 cm³/mol. The van der Waals surface area contributed by atoms with Crippen molar-refractivity contribution in [2.45, 2.75) is 38.1 Å². The minimum atomic E-state index is -0.854. The number of carbonyl (C=O) groups is 3. The van der Waals surface area contributed by atoms with Crippen molar-refractivity contribution in [2.75, 3.05) is 13.2 Å². The van der Waals surface area contributed by atoms with Gasteiger partial charge in [0.2, 0.25) is 5.91 Å². The molecule has 0 aliphatic heterocycles. The van der Waals surface area contributed by atoms with Crippen LogP contribution < -0.4 is 10.6 Å². The zero-order valence-electron chi connectivity index (χ0n) is 19.2. The lowest BCUT2D eigenvalue weighted by molar-refractivity contribution is -0.142. The molecule has 0 spiro atoms. The Balaban J connectivity index is 1.29. The standard InChI is InChI=1S/C27H30N2O5/c1-2-17(25(30)29-19-9-7-8-18(14-19)26(31)32)15-28-27(33)34-16-24-22-12-5-3-10-20(22)21-11-4-6-13-23(21)24/h3-7,9-13,17-19,24H,2,8,14-16H2,1H3,(H,28,33)(H,29,30)(H,31,32)/t17?,18-,19-/m1/s1. The van der Waals surface area contributed by atoms with Crippen LogP contribution in [0.25, 0.3) is 11.1 Å². The normalized spacial score (nSPS) is 19.6. The minimum Gasteiger partial charge on any atom is -0.481 e. The molecule has 2 amide bonds. The van der Waals surface area contributed by atoms with Crippen molar-refractivity contribution in [3.05, 3.63) is 71.8 Å². The second-order valence-corrected chi connectivity index (χ2v) is 8.86. The van der Waals surface area contributed by atoms with Crippen LogP contribution in [0.2, 0.25) is 0 Å². The fourth-order valence-electron chi connectivity index (χ4n) is 4.78. The Morgan fingerprint density at radius 2 is 1.71 bits per heavy atom. The molecular weight excluding hydrogens is 432 g/mol. The lowest BCUT2D eigenvalue weighted by Gasteiger charge is -2.25. The van der Waals surface area contributed by atoms with Crippen LogP contribution in [0.5, 0.6) is 0 Å². The molecule has 1 unspecified atom stereocenters. The van der Waals surface area contributed by atoms with Crippen LogP contribution in [0.15, 0.2) is 60.7 Å². The van der Waals surface area contributed by atoms with Gasteiger partial charge in [-0.2, -0.15) is 0 Å². The maximum Gasteiger partial charge on any atom is 0.407 e. The zero-order valence-corrected chi connectivity index (χ0v) is 19.2. The van der Waals surface area contributed by atoms with E-state index in [1.54, 1.807) is 6.08 Å². The number of aliphatic carboxylic acids is 1. The summed E-state index contributed by atoms with van der Waals surface area (Å²) in [6.07, 6.45) is 4.45. The summed E-state index contributed by atoms with van der Waals surface area (Å²) >= 11 is 0. The third-order valence-electron chi connectivity index (χ3n) is 6.70. The quantitative estimate of drug-likeness (QED) is 0.513. The van der Waals surface area contributed by atoms with E-state index in [1.807, 2.05) is 37.3 Å². The number of carboxylic acid groups (broad SMARTS) is 1. The number of carboxylic acids is 1. The number of hydrogen-bond acceptors (Lipinski definition) is 4. The second-order valence-electron chi connectivity index (χ2n) is 8.86. The van der Waals surface area contributed by atoms with Crippen molar-refractivity contribution < 1.29 is 24.2 Å². The Hall–Kier alpha value is -3.61. The zero-order chi connectivity index (χ0) is 24.1. The number of allylic oxidation sites excluding steroid dienone is 1. The molecule has 2 aliphatic carbocycles. The lowest BCUT2D eigenvalue weighted by atomic mass is 9.90. The number of amides is 2. The number of hydrogen-bond donors (Lipinski definition) is 3. The van der Waals surface area contributed by atoms with E-state index in [0.717, 1.165) is 22.3 Å². The van der Waals surface area contributed by atoms with E-state index in [1.165, 1.54) is 0 Å². The van der Waals surface area contributed by atoms with Gasteiger partial charge in [-0.1, -0.05) is 67.6 Å². The molecule has 0 heterocycles. The molecule has 34 heavy (non-hydrogen) atoms. The molecule has 0 saturated heterocycles. The number of nitrogens with one attached hydrogen (secondary N) is 2. The molecule has 7 heteroatoms. The first-order valence-corrected chi connectivity index (χ1v) is 11.8. The van der Waals surface area contributed by atoms with E-state index in [9.17, 15) is 19.5 Å². The first kappa shape index (κ1) is 23.5.